The summed E-state index contributed by atoms with van der Waals surface area (Å²) in [4.78, 5) is 28.7. The zero-order chi connectivity index (χ0) is 23.3. The molecule has 0 aliphatic carbocycles. The van der Waals surface area contributed by atoms with Gasteiger partial charge in [0.2, 0.25) is 10.0 Å². The van der Waals surface area contributed by atoms with Gasteiger partial charge in [-0.05, 0) is 48.9 Å². The fraction of sp³-hybridized carbons (Fsp3) is 0.318. The van der Waals surface area contributed by atoms with Gasteiger partial charge in [-0.15, -0.1) is 0 Å². The van der Waals surface area contributed by atoms with Gasteiger partial charge in [0.15, 0.2) is 5.78 Å². The number of primary sulfonamides is 1. The number of fused-ring (bicyclic) bond motifs is 1. The number of benzene rings is 2. The number of unbranched alkanes of at least 4 members (excludes halogenated alkanes) is 1. The smallest absolute Gasteiger partial charge is 0.306 e. The van der Waals surface area contributed by atoms with E-state index in [-0.39, 0.29) is 30.1 Å². The van der Waals surface area contributed by atoms with Gasteiger partial charge in [0.25, 0.3) is 0 Å². The zero-order valence-electron chi connectivity index (χ0n) is 17.6. The van der Waals surface area contributed by atoms with Gasteiger partial charge in [-0.1, -0.05) is 13.3 Å². The molecular weight excluding hydrogens is 437 g/mol. The molecule has 0 radical (unpaired) electrons. The number of nitrogens with two attached hydrogens (primary N) is 1. The molecule has 170 valence electrons. The van der Waals surface area contributed by atoms with Crippen molar-refractivity contribution in [2.75, 3.05) is 0 Å². The third-order valence-electron chi connectivity index (χ3n) is 4.95. The molecule has 0 aliphatic heterocycles. The van der Waals surface area contributed by atoms with E-state index in [1.54, 1.807) is 6.07 Å². The van der Waals surface area contributed by atoms with Gasteiger partial charge in [0.1, 0.15) is 18.2 Å². The molecule has 0 saturated heterocycles. The number of ether oxygens (including phenoxy) is 1. The lowest BCUT2D eigenvalue weighted by Crippen LogP contribution is -2.12. The standard InChI is InChI=1S/C22H24FN3O5S/c1-2-3-12-26-19-9-8-17(32(24,29)30)13-18(19)25-21(26)14-31-22(28)11-10-20(27)15-4-6-16(23)7-5-15/h4-9,13H,2-3,10-12,14H2,1H3,(H2,24,29,30). The molecule has 1 aromatic heterocycles. The highest BCUT2D eigenvalue weighted by Gasteiger charge is 2.17. The zero-order valence-corrected chi connectivity index (χ0v) is 18.4. The van der Waals surface area contributed by atoms with E-state index in [2.05, 4.69) is 4.98 Å². The van der Waals surface area contributed by atoms with Crippen molar-refractivity contribution in [1.29, 1.82) is 0 Å². The minimum Gasteiger partial charge on any atom is -0.457 e. The van der Waals surface area contributed by atoms with Gasteiger partial charge in [0.05, 0.1) is 22.3 Å². The molecule has 0 fully saturated rings. The number of hydrogen-bond acceptors (Lipinski definition) is 6. The molecular formula is C22H24FN3O5S. The summed E-state index contributed by atoms with van der Waals surface area (Å²) in [7, 11) is -3.87. The lowest BCUT2D eigenvalue weighted by atomic mass is 10.1. The third kappa shape index (κ3) is 5.77. The highest BCUT2D eigenvalue weighted by atomic mass is 32.2. The van der Waals surface area contributed by atoms with Crippen LogP contribution in [0.15, 0.2) is 47.4 Å². The molecule has 0 bridgehead atoms. The maximum atomic E-state index is 13.0. The van der Waals surface area contributed by atoms with Crippen LogP contribution in [-0.2, 0) is 32.7 Å². The first-order valence-electron chi connectivity index (χ1n) is 10.2. The van der Waals surface area contributed by atoms with Crippen molar-refractivity contribution >= 4 is 32.8 Å². The van der Waals surface area contributed by atoms with Crippen LogP contribution in [-0.4, -0.2) is 29.7 Å². The molecule has 0 unspecified atom stereocenters. The van der Waals surface area contributed by atoms with Crippen LogP contribution in [0.4, 0.5) is 4.39 Å². The fourth-order valence-corrected chi connectivity index (χ4v) is 3.76. The van der Waals surface area contributed by atoms with Crippen LogP contribution in [0.1, 0.15) is 48.8 Å². The number of rotatable bonds is 10. The second-order valence-corrected chi connectivity index (χ2v) is 8.88. The Morgan fingerprint density at radius 1 is 1.12 bits per heavy atom. The molecule has 0 saturated carbocycles. The number of aryl methyl sites for hydroxylation is 1. The Bertz CT molecular complexity index is 1240. The molecule has 2 N–H and O–H groups in total. The van der Waals surface area contributed by atoms with Crippen LogP contribution in [0.3, 0.4) is 0 Å². The SMILES string of the molecule is CCCCn1c(COC(=O)CCC(=O)c2ccc(F)cc2)nc2cc(S(N)(=O)=O)ccc21. The summed E-state index contributed by atoms with van der Waals surface area (Å²) >= 11 is 0. The van der Waals surface area contributed by atoms with E-state index in [4.69, 9.17) is 9.88 Å². The number of hydrogen-bond donors (Lipinski definition) is 1. The van der Waals surface area contributed by atoms with Gasteiger partial charge in [-0.3, -0.25) is 9.59 Å². The fourth-order valence-electron chi connectivity index (χ4n) is 3.23. The highest BCUT2D eigenvalue weighted by molar-refractivity contribution is 7.89. The summed E-state index contributed by atoms with van der Waals surface area (Å²) in [6, 6.07) is 9.55. The molecule has 1 heterocycles. The molecule has 0 aliphatic rings. The highest BCUT2D eigenvalue weighted by Crippen LogP contribution is 2.21. The number of esters is 1. The Labute approximate surface area is 185 Å². The van der Waals surface area contributed by atoms with Crippen molar-refractivity contribution in [1.82, 2.24) is 9.55 Å². The molecule has 8 nitrogen and oxygen atoms in total. The number of ketones is 1. The van der Waals surface area contributed by atoms with Gasteiger partial charge < -0.3 is 9.30 Å². The topological polar surface area (TPSA) is 121 Å². The lowest BCUT2D eigenvalue weighted by molar-refractivity contribution is -0.145. The van der Waals surface area contributed by atoms with Crippen LogP contribution in [0.5, 0.6) is 0 Å². The maximum absolute atomic E-state index is 13.0. The maximum Gasteiger partial charge on any atom is 0.306 e. The Morgan fingerprint density at radius 2 is 1.84 bits per heavy atom. The molecule has 32 heavy (non-hydrogen) atoms. The third-order valence-corrected chi connectivity index (χ3v) is 5.86. The summed E-state index contributed by atoms with van der Waals surface area (Å²) in [5.41, 5.74) is 1.47. The first-order valence-corrected chi connectivity index (χ1v) is 11.7. The minimum absolute atomic E-state index is 0.0482. The summed E-state index contributed by atoms with van der Waals surface area (Å²) in [6.07, 6.45) is 1.60. The number of aromatic nitrogens is 2. The van der Waals surface area contributed by atoms with Crippen LogP contribution >= 0.6 is 0 Å². The van der Waals surface area contributed by atoms with Crippen molar-refractivity contribution in [2.24, 2.45) is 5.14 Å². The van der Waals surface area contributed by atoms with E-state index in [0.29, 0.717) is 29.0 Å². The van der Waals surface area contributed by atoms with Crippen molar-refractivity contribution in [2.45, 2.75) is 50.7 Å². The van der Waals surface area contributed by atoms with Crippen LogP contribution in [0, 0.1) is 5.82 Å². The first-order chi connectivity index (χ1) is 15.2. The van der Waals surface area contributed by atoms with Crippen LogP contribution < -0.4 is 5.14 Å². The van der Waals surface area contributed by atoms with Crippen molar-refractivity contribution < 1.29 is 27.1 Å². The Morgan fingerprint density at radius 3 is 2.50 bits per heavy atom. The molecule has 10 heteroatoms. The molecule has 3 aromatic rings. The molecule has 3 rings (SSSR count). The Hall–Kier alpha value is -3.11. The number of carbonyl (C=O) groups is 2. The number of sulfonamides is 1. The van der Waals surface area contributed by atoms with Gasteiger partial charge in [-0.2, -0.15) is 0 Å². The number of Topliss-reactive ketones (excluding diaryl/α,β-unsaturated/α-hetero) is 1. The summed E-state index contributed by atoms with van der Waals surface area (Å²) < 4.78 is 43.4. The second kappa shape index (κ2) is 10.0. The predicted molar refractivity (Wildman–Crippen MR) is 116 cm³/mol. The summed E-state index contributed by atoms with van der Waals surface area (Å²) in [5, 5.41) is 5.20. The molecule has 0 spiro atoms. The second-order valence-electron chi connectivity index (χ2n) is 7.32. The monoisotopic (exact) mass is 461 g/mol. The number of nitrogens with zero attached hydrogens (tertiary/aromatic N) is 2. The van der Waals surface area contributed by atoms with E-state index < -0.39 is 21.8 Å². The number of halogens is 1. The number of imidazole rings is 1. The first kappa shape index (κ1) is 23.6. The van der Waals surface area contributed by atoms with Gasteiger partial charge in [0, 0.05) is 18.5 Å². The minimum atomic E-state index is -3.87. The Balaban J connectivity index is 1.69. The van der Waals surface area contributed by atoms with E-state index in [0.717, 1.165) is 12.8 Å². The van der Waals surface area contributed by atoms with E-state index in [1.165, 1.54) is 36.4 Å². The van der Waals surface area contributed by atoms with Crippen molar-refractivity contribution in [3.8, 4) is 0 Å². The van der Waals surface area contributed by atoms with Gasteiger partial charge >= 0.3 is 5.97 Å². The molecule has 0 amide bonds. The number of carbonyl (C=O) groups excluding carboxylic acids is 2. The van der Waals surface area contributed by atoms with Crippen LogP contribution in [0.2, 0.25) is 0 Å². The van der Waals surface area contributed by atoms with Crippen LogP contribution in [0.25, 0.3) is 11.0 Å². The predicted octanol–water partition coefficient (Wildman–Crippen LogP) is 3.33. The molecule has 2 aromatic carbocycles. The summed E-state index contributed by atoms with van der Waals surface area (Å²) in [5.74, 6) is -0.825. The van der Waals surface area contributed by atoms with Crippen molar-refractivity contribution in [3.05, 3.63) is 59.7 Å². The average molecular weight is 462 g/mol. The normalized spacial score (nSPS) is 11.6. The quantitative estimate of drug-likeness (QED) is 0.365. The largest absolute Gasteiger partial charge is 0.457 e. The van der Waals surface area contributed by atoms with E-state index in [1.807, 2.05) is 11.5 Å². The van der Waals surface area contributed by atoms with Gasteiger partial charge in [-0.25, -0.2) is 22.9 Å². The van der Waals surface area contributed by atoms with E-state index in [9.17, 15) is 22.4 Å². The van der Waals surface area contributed by atoms with Crippen molar-refractivity contribution in [3.63, 3.8) is 0 Å². The van der Waals surface area contributed by atoms with E-state index >= 15 is 0 Å². The Kier molecular flexibility index (Phi) is 7.37. The average Bonchev–Trinajstić information content (AvgIpc) is 3.11. The summed E-state index contributed by atoms with van der Waals surface area (Å²) in [6.45, 7) is 2.54. The molecule has 0 atom stereocenters. The lowest BCUT2D eigenvalue weighted by Gasteiger charge is -2.09.